The number of benzene rings is 3. The Morgan fingerprint density at radius 2 is 1.73 bits per heavy atom. The number of nitrogens with zero attached hydrogens (tertiary/aromatic N) is 1. The Kier molecular flexibility index (Phi) is 7.35. The number of halogens is 3. The number of ether oxygens (including phenoxy) is 1. The minimum Gasteiger partial charge on any atom is -0.457 e. The van der Waals surface area contributed by atoms with Crippen molar-refractivity contribution in [1.82, 2.24) is 0 Å². The van der Waals surface area contributed by atoms with Crippen molar-refractivity contribution in [2.45, 2.75) is 19.7 Å². The Hall–Kier alpha value is -4.96. The highest BCUT2D eigenvalue weighted by Gasteiger charge is 2.30. The van der Waals surface area contributed by atoms with Crippen molar-refractivity contribution in [3.8, 4) is 11.5 Å². The maximum Gasteiger partial charge on any atom is 0.416 e. The van der Waals surface area contributed by atoms with Crippen molar-refractivity contribution in [3.63, 3.8) is 0 Å². The van der Waals surface area contributed by atoms with E-state index in [1.54, 1.807) is 37.4 Å². The molecule has 3 aromatic carbocycles. The number of para-hydroxylation sites is 1. The van der Waals surface area contributed by atoms with Gasteiger partial charge in [0.2, 0.25) is 16.8 Å². The standard InChI is InChI=1S/C30H22F3N3O4/c1-18-27-25(19(17-37)16-34-18)15-26(28(38)35-22-7-5-6-20(14-22)30(31,32)33)29(40-27)36-21-10-12-24(13-11-21)39-23-8-3-2-4-9-23/h2-16,37H,17H2,1H3,(H,35,38)/p+1. The number of anilines is 1. The van der Waals surface area contributed by atoms with Gasteiger partial charge in [0.25, 0.3) is 5.91 Å². The van der Waals surface area contributed by atoms with Gasteiger partial charge in [-0.3, -0.25) is 4.79 Å². The minimum atomic E-state index is -4.57. The zero-order valence-corrected chi connectivity index (χ0v) is 21.1. The summed E-state index contributed by atoms with van der Waals surface area (Å²) < 4.78 is 51.5. The molecule has 0 saturated heterocycles. The van der Waals surface area contributed by atoms with Crippen LogP contribution in [-0.4, -0.2) is 11.0 Å². The maximum atomic E-state index is 13.4. The second-order valence-electron chi connectivity index (χ2n) is 8.86. The van der Waals surface area contributed by atoms with Gasteiger partial charge >= 0.3 is 6.18 Å². The smallest absolute Gasteiger partial charge is 0.416 e. The first-order valence-electron chi connectivity index (χ1n) is 12.2. The minimum absolute atomic E-state index is 0.0326. The number of aromatic nitrogens is 1. The summed E-state index contributed by atoms with van der Waals surface area (Å²) in [6.45, 7) is 1.42. The lowest BCUT2D eigenvalue weighted by atomic mass is 10.1. The zero-order valence-electron chi connectivity index (χ0n) is 21.1. The average Bonchev–Trinajstić information content (AvgIpc) is 2.94. The molecule has 5 rings (SSSR count). The fourth-order valence-corrected chi connectivity index (χ4v) is 4.01. The van der Waals surface area contributed by atoms with Crippen molar-refractivity contribution < 1.29 is 37.2 Å². The molecule has 1 amide bonds. The number of aliphatic hydroxyl groups excluding tert-OH is 1. The van der Waals surface area contributed by atoms with Gasteiger partial charge in [0.05, 0.1) is 23.4 Å². The normalized spacial score (nSPS) is 12.0. The van der Waals surface area contributed by atoms with Gasteiger partial charge < -0.3 is 19.6 Å². The van der Waals surface area contributed by atoms with Crippen LogP contribution < -0.4 is 20.6 Å². The lowest BCUT2D eigenvalue weighted by Crippen LogP contribution is -2.23. The molecule has 40 heavy (non-hydrogen) atoms. The molecule has 7 nitrogen and oxygen atoms in total. The van der Waals surface area contributed by atoms with E-state index >= 15 is 0 Å². The third-order valence-corrected chi connectivity index (χ3v) is 6.02. The Labute approximate surface area is 226 Å². The lowest BCUT2D eigenvalue weighted by molar-refractivity contribution is -0.386. The number of H-pyrrole nitrogens is 1. The van der Waals surface area contributed by atoms with Crippen molar-refractivity contribution in [3.05, 3.63) is 119 Å². The van der Waals surface area contributed by atoms with E-state index in [2.05, 4.69) is 15.3 Å². The number of carbonyl (C=O) groups excluding carboxylic acids is 1. The van der Waals surface area contributed by atoms with Crippen molar-refractivity contribution in [2.24, 2.45) is 4.99 Å². The molecule has 10 heteroatoms. The monoisotopic (exact) mass is 546 g/mol. The Balaban J connectivity index is 1.57. The molecular weight excluding hydrogens is 523 g/mol. The van der Waals surface area contributed by atoms with Crippen LogP contribution in [0.1, 0.15) is 27.2 Å². The van der Waals surface area contributed by atoms with Gasteiger partial charge in [0, 0.05) is 18.0 Å². The van der Waals surface area contributed by atoms with E-state index in [4.69, 9.17) is 9.15 Å². The molecule has 2 aromatic heterocycles. The summed E-state index contributed by atoms with van der Waals surface area (Å²) in [6.07, 6.45) is -2.98. The Morgan fingerprint density at radius 3 is 2.42 bits per heavy atom. The fraction of sp³-hybridized carbons (Fsp3) is 0.100. The first-order chi connectivity index (χ1) is 19.2. The third kappa shape index (κ3) is 5.87. The molecule has 3 N–H and O–H groups in total. The Morgan fingerprint density at radius 1 is 1.00 bits per heavy atom. The van der Waals surface area contributed by atoms with E-state index in [9.17, 15) is 23.1 Å². The van der Waals surface area contributed by atoms with Gasteiger partial charge in [-0.1, -0.05) is 24.3 Å². The van der Waals surface area contributed by atoms with Crippen LogP contribution in [-0.2, 0) is 12.8 Å². The predicted octanol–water partition coefficient (Wildman–Crippen LogP) is 6.34. The number of aliphatic hydroxyl groups is 1. The number of rotatable bonds is 6. The van der Waals surface area contributed by atoms with Crippen LogP contribution in [0.15, 0.2) is 101 Å². The summed E-state index contributed by atoms with van der Waals surface area (Å²) >= 11 is 0. The van der Waals surface area contributed by atoms with E-state index in [0.717, 1.165) is 12.1 Å². The van der Waals surface area contributed by atoms with E-state index in [1.165, 1.54) is 18.2 Å². The molecule has 0 atom stereocenters. The maximum absolute atomic E-state index is 13.4. The van der Waals surface area contributed by atoms with Crippen LogP contribution in [0.5, 0.6) is 11.5 Å². The summed E-state index contributed by atoms with van der Waals surface area (Å²) in [5.74, 6) is 0.500. The van der Waals surface area contributed by atoms with E-state index in [0.29, 0.717) is 39.4 Å². The van der Waals surface area contributed by atoms with Crippen LogP contribution in [0.2, 0.25) is 0 Å². The fourth-order valence-electron chi connectivity index (χ4n) is 4.01. The summed E-state index contributed by atoms with van der Waals surface area (Å²) in [4.78, 5) is 20.9. The number of hydrogen-bond acceptors (Lipinski definition) is 5. The van der Waals surface area contributed by atoms with Gasteiger partial charge in [-0.2, -0.15) is 13.2 Å². The van der Waals surface area contributed by atoms with Crippen molar-refractivity contribution in [2.75, 3.05) is 5.32 Å². The topological polar surface area (TPSA) is 98.2 Å². The largest absolute Gasteiger partial charge is 0.457 e. The number of alkyl halides is 3. The predicted molar refractivity (Wildman–Crippen MR) is 141 cm³/mol. The molecular formula is C30H23F3N3O4+. The lowest BCUT2D eigenvalue weighted by Gasteiger charge is -2.11. The molecule has 0 radical (unpaired) electrons. The van der Waals surface area contributed by atoms with Crippen molar-refractivity contribution >= 4 is 28.3 Å². The summed E-state index contributed by atoms with van der Waals surface area (Å²) in [5.41, 5.74) is 0.848. The molecule has 202 valence electrons. The zero-order chi connectivity index (χ0) is 28.3. The second-order valence-corrected chi connectivity index (χ2v) is 8.86. The number of aryl methyl sites for hydroxylation is 1. The van der Waals surface area contributed by atoms with E-state index in [1.807, 2.05) is 30.3 Å². The van der Waals surface area contributed by atoms with Crippen LogP contribution in [0.25, 0.3) is 11.0 Å². The molecule has 0 aliphatic heterocycles. The molecule has 5 aromatic rings. The quantitative estimate of drug-likeness (QED) is 0.260. The van der Waals surface area contributed by atoms with Crippen LogP contribution in [0, 0.1) is 6.92 Å². The first kappa shape index (κ1) is 26.6. The van der Waals surface area contributed by atoms with Crippen LogP contribution in [0.4, 0.5) is 24.5 Å². The van der Waals surface area contributed by atoms with Gasteiger partial charge in [-0.15, -0.1) is 0 Å². The highest BCUT2D eigenvalue weighted by atomic mass is 19.4. The SMILES string of the molecule is Cc1[nH+]cc(CO)c2cc(C(=O)Nc3cccc(C(F)(F)F)c3)c(=Nc3ccc(Oc4ccccc4)cc3)oc12. The number of aromatic amines is 1. The molecule has 0 bridgehead atoms. The number of fused-ring (bicyclic) bond motifs is 1. The molecule has 0 fully saturated rings. The molecule has 0 aliphatic rings. The summed E-state index contributed by atoms with van der Waals surface area (Å²) in [5, 5.41) is 12.8. The van der Waals surface area contributed by atoms with E-state index < -0.39 is 17.6 Å². The second kappa shape index (κ2) is 11.0. The average molecular weight is 547 g/mol. The molecule has 0 aliphatic carbocycles. The first-order valence-corrected chi connectivity index (χ1v) is 12.2. The summed E-state index contributed by atoms with van der Waals surface area (Å²) in [7, 11) is 0. The number of amides is 1. The van der Waals surface area contributed by atoms with Crippen LogP contribution >= 0.6 is 0 Å². The molecule has 0 saturated carbocycles. The molecule has 2 heterocycles. The van der Waals surface area contributed by atoms with Gasteiger partial charge in [-0.25, -0.2) is 9.98 Å². The van der Waals surface area contributed by atoms with Gasteiger partial charge in [-0.05, 0) is 60.7 Å². The summed E-state index contributed by atoms with van der Waals surface area (Å²) in [6, 6.07) is 21.8. The Bertz CT molecular complexity index is 1750. The van der Waals surface area contributed by atoms with Crippen LogP contribution in [0.3, 0.4) is 0 Å². The number of nitrogens with one attached hydrogen (secondary N) is 2. The highest BCUT2D eigenvalue weighted by Crippen LogP contribution is 2.31. The molecule has 0 unspecified atom stereocenters. The van der Waals surface area contributed by atoms with Crippen molar-refractivity contribution in [1.29, 1.82) is 0 Å². The highest BCUT2D eigenvalue weighted by molar-refractivity contribution is 6.05. The third-order valence-electron chi connectivity index (χ3n) is 6.02. The van der Waals surface area contributed by atoms with Gasteiger partial charge in [0.1, 0.15) is 17.1 Å². The molecule has 0 spiro atoms. The van der Waals surface area contributed by atoms with E-state index in [-0.39, 0.29) is 23.4 Å². The number of hydrogen-bond donors (Lipinski definition) is 2. The number of pyridine rings is 1. The van der Waals surface area contributed by atoms with Gasteiger partial charge in [0.15, 0.2) is 6.20 Å². The number of carbonyl (C=O) groups is 1.